The summed E-state index contributed by atoms with van der Waals surface area (Å²) in [6, 6.07) is 0. The van der Waals surface area contributed by atoms with Gasteiger partial charge in [0.2, 0.25) is 0 Å². The van der Waals surface area contributed by atoms with Gasteiger partial charge in [0.15, 0.2) is 5.82 Å². The maximum absolute atomic E-state index is 11.3. The van der Waals surface area contributed by atoms with Crippen LogP contribution in [0.3, 0.4) is 0 Å². The number of hydrogen-bond donors (Lipinski definition) is 1. The number of H-pyrrole nitrogens is 1. The fraction of sp³-hybridized carbons (Fsp3) is 0.500. The van der Waals surface area contributed by atoms with Crippen molar-refractivity contribution in [2.24, 2.45) is 0 Å². The van der Waals surface area contributed by atoms with E-state index in [2.05, 4.69) is 9.97 Å². The first-order chi connectivity index (χ1) is 5.52. The van der Waals surface area contributed by atoms with Crippen molar-refractivity contribution in [3.8, 4) is 0 Å². The standard InChI is InChI=1S/C8H13N3O/c1-5-6(2)10-7(9-5)8(12)11(3)4/h1-4H3,(H,9,10). The molecule has 0 bridgehead atoms. The van der Waals surface area contributed by atoms with E-state index >= 15 is 0 Å². The van der Waals surface area contributed by atoms with E-state index in [9.17, 15) is 4.79 Å². The summed E-state index contributed by atoms with van der Waals surface area (Å²) in [7, 11) is 3.41. The molecule has 4 heteroatoms. The Morgan fingerprint density at radius 2 is 2.00 bits per heavy atom. The maximum atomic E-state index is 11.3. The minimum Gasteiger partial charge on any atom is -0.342 e. The second-order valence-corrected chi connectivity index (χ2v) is 3.00. The number of carbonyl (C=O) groups is 1. The number of imidazole rings is 1. The summed E-state index contributed by atoms with van der Waals surface area (Å²) in [6.45, 7) is 3.77. The normalized spacial score (nSPS) is 10.0. The number of nitrogens with one attached hydrogen (secondary N) is 1. The van der Waals surface area contributed by atoms with E-state index in [-0.39, 0.29) is 5.91 Å². The van der Waals surface area contributed by atoms with E-state index in [1.165, 1.54) is 4.90 Å². The molecule has 0 aliphatic carbocycles. The van der Waals surface area contributed by atoms with Gasteiger partial charge in [0.25, 0.3) is 5.91 Å². The molecule has 12 heavy (non-hydrogen) atoms. The number of aromatic nitrogens is 2. The Bertz CT molecular complexity index is 282. The molecule has 66 valence electrons. The van der Waals surface area contributed by atoms with Gasteiger partial charge in [-0.1, -0.05) is 0 Å². The highest BCUT2D eigenvalue weighted by Crippen LogP contribution is 2.03. The quantitative estimate of drug-likeness (QED) is 0.670. The molecular weight excluding hydrogens is 154 g/mol. The zero-order valence-corrected chi connectivity index (χ0v) is 7.80. The van der Waals surface area contributed by atoms with Crippen LogP contribution in [0.25, 0.3) is 0 Å². The number of hydrogen-bond acceptors (Lipinski definition) is 2. The lowest BCUT2D eigenvalue weighted by molar-refractivity contribution is 0.0816. The van der Waals surface area contributed by atoms with Crippen molar-refractivity contribution < 1.29 is 4.79 Å². The van der Waals surface area contributed by atoms with Gasteiger partial charge in [-0.2, -0.15) is 0 Å². The van der Waals surface area contributed by atoms with Crippen molar-refractivity contribution in [3.63, 3.8) is 0 Å². The van der Waals surface area contributed by atoms with Crippen molar-refractivity contribution in [1.29, 1.82) is 0 Å². The van der Waals surface area contributed by atoms with E-state index in [1.807, 2.05) is 13.8 Å². The Kier molecular flexibility index (Phi) is 2.17. The molecule has 1 heterocycles. The van der Waals surface area contributed by atoms with Gasteiger partial charge in [0.1, 0.15) is 0 Å². The summed E-state index contributed by atoms with van der Waals surface area (Å²) >= 11 is 0. The minimum absolute atomic E-state index is 0.0915. The average Bonchev–Trinajstić information content (AvgIpc) is 2.30. The minimum atomic E-state index is -0.0915. The summed E-state index contributed by atoms with van der Waals surface area (Å²) in [6.07, 6.45) is 0. The molecule has 0 atom stereocenters. The van der Waals surface area contributed by atoms with Crippen molar-refractivity contribution in [2.75, 3.05) is 14.1 Å². The lowest BCUT2D eigenvalue weighted by Gasteiger charge is -2.06. The van der Waals surface area contributed by atoms with Crippen LogP contribution in [-0.2, 0) is 0 Å². The Morgan fingerprint density at radius 3 is 2.33 bits per heavy atom. The highest BCUT2D eigenvalue weighted by atomic mass is 16.2. The molecule has 0 saturated heterocycles. The zero-order chi connectivity index (χ0) is 9.30. The third-order valence-electron chi connectivity index (χ3n) is 1.74. The molecule has 1 rings (SSSR count). The average molecular weight is 167 g/mol. The van der Waals surface area contributed by atoms with Gasteiger partial charge in [-0.25, -0.2) is 4.98 Å². The Hall–Kier alpha value is -1.32. The summed E-state index contributed by atoms with van der Waals surface area (Å²) in [4.78, 5) is 19.8. The van der Waals surface area contributed by atoms with Crippen LogP contribution in [0.5, 0.6) is 0 Å². The topological polar surface area (TPSA) is 49.0 Å². The van der Waals surface area contributed by atoms with E-state index in [0.29, 0.717) is 5.82 Å². The zero-order valence-electron chi connectivity index (χ0n) is 7.80. The Labute approximate surface area is 71.6 Å². The number of carbonyl (C=O) groups excluding carboxylic acids is 1. The molecule has 1 aromatic rings. The van der Waals surface area contributed by atoms with E-state index in [1.54, 1.807) is 14.1 Å². The molecule has 0 spiro atoms. The number of nitrogens with zero attached hydrogens (tertiary/aromatic N) is 2. The molecule has 0 fully saturated rings. The van der Waals surface area contributed by atoms with Gasteiger partial charge >= 0.3 is 0 Å². The highest BCUT2D eigenvalue weighted by Gasteiger charge is 2.12. The van der Waals surface area contributed by atoms with E-state index < -0.39 is 0 Å². The molecular formula is C8H13N3O. The lowest BCUT2D eigenvalue weighted by atomic mass is 10.4. The number of aromatic amines is 1. The van der Waals surface area contributed by atoms with Crippen molar-refractivity contribution in [2.45, 2.75) is 13.8 Å². The Morgan fingerprint density at radius 1 is 1.42 bits per heavy atom. The second kappa shape index (κ2) is 2.97. The predicted octanol–water partition coefficient (Wildman–Crippen LogP) is 0.728. The van der Waals surface area contributed by atoms with E-state index in [0.717, 1.165) is 11.4 Å². The van der Waals surface area contributed by atoms with E-state index in [4.69, 9.17) is 0 Å². The molecule has 1 amide bonds. The van der Waals surface area contributed by atoms with Crippen LogP contribution in [-0.4, -0.2) is 34.9 Å². The van der Waals surface area contributed by atoms with Gasteiger partial charge in [-0.15, -0.1) is 0 Å². The lowest BCUT2D eigenvalue weighted by Crippen LogP contribution is -2.22. The van der Waals surface area contributed by atoms with Gasteiger partial charge in [-0.05, 0) is 13.8 Å². The first kappa shape index (κ1) is 8.77. The molecule has 0 aliphatic rings. The number of rotatable bonds is 1. The number of amides is 1. The fourth-order valence-corrected chi connectivity index (χ4v) is 0.861. The first-order valence-corrected chi connectivity index (χ1v) is 3.77. The van der Waals surface area contributed by atoms with Crippen LogP contribution >= 0.6 is 0 Å². The van der Waals surface area contributed by atoms with Crippen molar-refractivity contribution >= 4 is 5.91 Å². The highest BCUT2D eigenvalue weighted by molar-refractivity contribution is 5.90. The first-order valence-electron chi connectivity index (χ1n) is 3.77. The molecule has 4 nitrogen and oxygen atoms in total. The SMILES string of the molecule is Cc1nc(C(=O)N(C)C)[nH]c1C. The van der Waals surface area contributed by atoms with Crippen molar-refractivity contribution in [3.05, 3.63) is 17.2 Å². The van der Waals surface area contributed by atoms with Gasteiger partial charge in [0.05, 0.1) is 5.69 Å². The molecule has 0 unspecified atom stereocenters. The molecule has 0 saturated carbocycles. The molecule has 0 aromatic carbocycles. The van der Waals surface area contributed by atoms with Crippen LogP contribution in [0, 0.1) is 13.8 Å². The molecule has 0 radical (unpaired) electrons. The van der Waals surface area contributed by atoms with Crippen LogP contribution in [0.15, 0.2) is 0 Å². The monoisotopic (exact) mass is 167 g/mol. The van der Waals surface area contributed by atoms with Crippen LogP contribution < -0.4 is 0 Å². The van der Waals surface area contributed by atoms with Crippen molar-refractivity contribution in [1.82, 2.24) is 14.9 Å². The largest absolute Gasteiger partial charge is 0.342 e. The third kappa shape index (κ3) is 1.47. The summed E-state index contributed by atoms with van der Waals surface area (Å²) in [5, 5.41) is 0. The smallest absolute Gasteiger partial charge is 0.289 e. The summed E-state index contributed by atoms with van der Waals surface area (Å²) in [5.74, 6) is 0.321. The molecule has 1 N–H and O–H groups in total. The summed E-state index contributed by atoms with van der Waals surface area (Å²) in [5.41, 5.74) is 1.82. The van der Waals surface area contributed by atoms with Crippen LogP contribution in [0.1, 0.15) is 22.0 Å². The summed E-state index contributed by atoms with van der Waals surface area (Å²) < 4.78 is 0. The Balaban J connectivity index is 2.97. The van der Waals surface area contributed by atoms with Gasteiger partial charge < -0.3 is 9.88 Å². The maximum Gasteiger partial charge on any atom is 0.289 e. The third-order valence-corrected chi connectivity index (χ3v) is 1.74. The predicted molar refractivity (Wildman–Crippen MR) is 46.1 cm³/mol. The molecule has 0 aliphatic heterocycles. The van der Waals surface area contributed by atoms with Gasteiger partial charge in [0, 0.05) is 19.8 Å². The van der Waals surface area contributed by atoms with Crippen LogP contribution in [0.2, 0.25) is 0 Å². The van der Waals surface area contributed by atoms with Crippen LogP contribution in [0.4, 0.5) is 0 Å². The second-order valence-electron chi connectivity index (χ2n) is 3.00. The number of aryl methyl sites for hydroxylation is 2. The molecule has 1 aromatic heterocycles. The van der Waals surface area contributed by atoms with Gasteiger partial charge in [-0.3, -0.25) is 4.79 Å². The fourth-order valence-electron chi connectivity index (χ4n) is 0.861.